The standard InChI is InChI=1S/C15H14F3N3O3S/c16-15(17,18)11-2-4-13(5-3-11)25(22,23)21-9-6-12(10-21)24-14-19-7-1-8-20-14/h1-5,7-8,12H,6,9-10H2/t12-/m0/s1. The summed E-state index contributed by atoms with van der Waals surface area (Å²) in [7, 11) is -3.88. The van der Waals surface area contributed by atoms with Gasteiger partial charge in [-0.05, 0) is 36.8 Å². The molecule has 0 spiro atoms. The molecule has 10 heteroatoms. The summed E-state index contributed by atoms with van der Waals surface area (Å²) in [4.78, 5) is 7.64. The van der Waals surface area contributed by atoms with Crippen molar-refractivity contribution in [3.8, 4) is 6.01 Å². The van der Waals surface area contributed by atoms with E-state index < -0.39 is 27.9 Å². The fraction of sp³-hybridized carbons (Fsp3) is 0.333. The van der Waals surface area contributed by atoms with Crippen molar-refractivity contribution in [2.24, 2.45) is 0 Å². The number of aromatic nitrogens is 2. The number of halogens is 3. The van der Waals surface area contributed by atoms with Gasteiger partial charge in [0.15, 0.2) is 0 Å². The van der Waals surface area contributed by atoms with E-state index in [0.29, 0.717) is 6.42 Å². The Bertz CT molecular complexity index is 827. The lowest BCUT2D eigenvalue weighted by Crippen LogP contribution is -2.31. The highest BCUT2D eigenvalue weighted by atomic mass is 32.2. The van der Waals surface area contributed by atoms with E-state index in [1.165, 1.54) is 16.7 Å². The van der Waals surface area contributed by atoms with Gasteiger partial charge in [0.25, 0.3) is 0 Å². The topological polar surface area (TPSA) is 72.4 Å². The van der Waals surface area contributed by atoms with Gasteiger partial charge in [-0.1, -0.05) is 0 Å². The predicted octanol–water partition coefficient (Wildman–Crippen LogP) is 2.34. The minimum atomic E-state index is -4.51. The van der Waals surface area contributed by atoms with Crippen LogP contribution in [0.25, 0.3) is 0 Å². The Labute approximate surface area is 142 Å². The largest absolute Gasteiger partial charge is 0.459 e. The minimum Gasteiger partial charge on any atom is -0.459 e. The molecule has 1 aromatic carbocycles. The number of rotatable bonds is 4. The third-order valence-electron chi connectivity index (χ3n) is 3.74. The van der Waals surface area contributed by atoms with Crippen LogP contribution < -0.4 is 4.74 Å². The van der Waals surface area contributed by atoms with Crippen LogP contribution in [0.15, 0.2) is 47.6 Å². The fourth-order valence-corrected chi connectivity index (χ4v) is 3.96. The second kappa shape index (κ2) is 6.60. The molecule has 1 aliphatic heterocycles. The molecule has 0 amide bonds. The molecule has 0 N–H and O–H groups in total. The number of nitrogens with zero attached hydrogens (tertiary/aromatic N) is 3. The van der Waals surface area contributed by atoms with Gasteiger partial charge < -0.3 is 4.74 Å². The van der Waals surface area contributed by atoms with Gasteiger partial charge in [0.1, 0.15) is 6.10 Å². The van der Waals surface area contributed by atoms with E-state index in [4.69, 9.17) is 4.74 Å². The first-order chi connectivity index (χ1) is 11.8. The Balaban J connectivity index is 1.71. The summed E-state index contributed by atoms with van der Waals surface area (Å²) in [6.07, 6.45) is -1.46. The summed E-state index contributed by atoms with van der Waals surface area (Å²) in [6, 6.07) is 5.23. The number of ether oxygens (including phenoxy) is 1. The monoisotopic (exact) mass is 373 g/mol. The second-order valence-corrected chi connectivity index (χ2v) is 7.38. The maximum atomic E-state index is 12.6. The molecule has 25 heavy (non-hydrogen) atoms. The van der Waals surface area contributed by atoms with Gasteiger partial charge in [-0.15, -0.1) is 0 Å². The van der Waals surface area contributed by atoms with Crippen molar-refractivity contribution in [1.29, 1.82) is 0 Å². The van der Waals surface area contributed by atoms with Crippen molar-refractivity contribution in [1.82, 2.24) is 14.3 Å². The molecule has 1 aromatic heterocycles. The third-order valence-corrected chi connectivity index (χ3v) is 5.62. The quantitative estimate of drug-likeness (QED) is 0.823. The van der Waals surface area contributed by atoms with Crippen LogP contribution in [0, 0.1) is 0 Å². The van der Waals surface area contributed by atoms with Crippen LogP contribution in [0.3, 0.4) is 0 Å². The second-order valence-electron chi connectivity index (χ2n) is 5.45. The van der Waals surface area contributed by atoms with Crippen molar-refractivity contribution >= 4 is 10.0 Å². The molecule has 0 aliphatic carbocycles. The zero-order valence-corrected chi connectivity index (χ0v) is 13.7. The van der Waals surface area contributed by atoms with E-state index in [9.17, 15) is 21.6 Å². The average Bonchev–Trinajstić information content (AvgIpc) is 3.04. The molecule has 1 atom stereocenters. The molecule has 0 radical (unpaired) electrons. The van der Waals surface area contributed by atoms with E-state index in [-0.39, 0.29) is 24.0 Å². The molecule has 1 fully saturated rings. The highest BCUT2D eigenvalue weighted by molar-refractivity contribution is 7.89. The highest BCUT2D eigenvalue weighted by Crippen LogP contribution is 2.30. The van der Waals surface area contributed by atoms with Gasteiger partial charge in [-0.2, -0.15) is 17.5 Å². The Hall–Kier alpha value is -2.20. The molecule has 2 aromatic rings. The molecule has 0 unspecified atom stereocenters. The summed E-state index contributed by atoms with van der Waals surface area (Å²) in [5.74, 6) is 0. The van der Waals surface area contributed by atoms with Gasteiger partial charge in [0, 0.05) is 18.9 Å². The summed E-state index contributed by atoms with van der Waals surface area (Å²) in [6.45, 7) is 0.294. The Morgan fingerprint density at radius 1 is 1.12 bits per heavy atom. The summed E-state index contributed by atoms with van der Waals surface area (Å²) in [5, 5.41) is 0. The first-order valence-corrected chi connectivity index (χ1v) is 8.82. The highest BCUT2D eigenvalue weighted by Gasteiger charge is 2.35. The number of benzene rings is 1. The van der Waals surface area contributed by atoms with Crippen LogP contribution >= 0.6 is 0 Å². The average molecular weight is 373 g/mol. The van der Waals surface area contributed by atoms with Gasteiger partial charge in [0.05, 0.1) is 17.0 Å². The van der Waals surface area contributed by atoms with E-state index >= 15 is 0 Å². The molecule has 6 nitrogen and oxygen atoms in total. The number of hydrogen-bond donors (Lipinski definition) is 0. The van der Waals surface area contributed by atoms with Gasteiger partial charge in [-0.3, -0.25) is 0 Å². The lowest BCUT2D eigenvalue weighted by molar-refractivity contribution is -0.137. The molecule has 0 bridgehead atoms. The fourth-order valence-electron chi connectivity index (χ4n) is 2.47. The lowest BCUT2D eigenvalue weighted by atomic mass is 10.2. The SMILES string of the molecule is O=S(=O)(c1ccc(C(F)(F)F)cc1)N1CC[C@H](Oc2ncccn2)C1. The maximum absolute atomic E-state index is 12.6. The first kappa shape index (κ1) is 17.6. The Morgan fingerprint density at radius 2 is 1.76 bits per heavy atom. The molecular formula is C15H14F3N3O3S. The van der Waals surface area contributed by atoms with Crippen LogP contribution in [-0.4, -0.2) is 41.9 Å². The maximum Gasteiger partial charge on any atom is 0.416 e. The van der Waals surface area contributed by atoms with Crippen LogP contribution in [0.5, 0.6) is 6.01 Å². The van der Waals surface area contributed by atoms with Crippen molar-refractivity contribution in [2.45, 2.75) is 23.6 Å². The van der Waals surface area contributed by atoms with Crippen molar-refractivity contribution in [3.05, 3.63) is 48.3 Å². The first-order valence-electron chi connectivity index (χ1n) is 7.38. The van der Waals surface area contributed by atoms with Crippen LogP contribution in [-0.2, 0) is 16.2 Å². The Morgan fingerprint density at radius 3 is 2.36 bits per heavy atom. The zero-order valence-electron chi connectivity index (χ0n) is 12.8. The van der Waals surface area contributed by atoms with Gasteiger partial charge in [-0.25, -0.2) is 18.4 Å². The molecule has 1 aliphatic rings. The molecule has 1 saturated heterocycles. The molecule has 2 heterocycles. The zero-order chi connectivity index (χ0) is 18.1. The molecular weight excluding hydrogens is 359 g/mol. The predicted molar refractivity (Wildman–Crippen MR) is 81.3 cm³/mol. The molecule has 3 rings (SSSR count). The third kappa shape index (κ3) is 3.90. The smallest absolute Gasteiger partial charge is 0.416 e. The Kier molecular flexibility index (Phi) is 4.65. The van der Waals surface area contributed by atoms with E-state index in [1.807, 2.05) is 0 Å². The number of hydrogen-bond acceptors (Lipinski definition) is 5. The van der Waals surface area contributed by atoms with Gasteiger partial charge in [0.2, 0.25) is 10.0 Å². The van der Waals surface area contributed by atoms with Crippen molar-refractivity contribution < 1.29 is 26.3 Å². The van der Waals surface area contributed by atoms with Crippen molar-refractivity contribution in [2.75, 3.05) is 13.1 Å². The van der Waals surface area contributed by atoms with Crippen LogP contribution in [0.1, 0.15) is 12.0 Å². The molecule has 0 saturated carbocycles. The normalized spacial score (nSPS) is 19.1. The van der Waals surface area contributed by atoms with Crippen LogP contribution in [0.2, 0.25) is 0 Å². The summed E-state index contributed by atoms with van der Waals surface area (Å²) < 4.78 is 69.6. The van der Waals surface area contributed by atoms with Crippen molar-refractivity contribution in [3.63, 3.8) is 0 Å². The number of alkyl halides is 3. The number of sulfonamides is 1. The summed E-state index contributed by atoms with van der Waals surface area (Å²) >= 11 is 0. The lowest BCUT2D eigenvalue weighted by Gasteiger charge is -2.17. The molecule has 134 valence electrons. The summed E-state index contributed by atoms with van der Waals surface area (Å²) in [5.41, 5.74) is -0.893. The minimum absolute atomic E-state index is 0.0849. The van der Waals surface area contributed by atoms with E-state index in [2.05, 4.69) is 9.97 Å². The van der Waals surface area contributed by atoms with E-state index in [1.54, 1.807) is 6.07 Å². The van der Waals surface area contributed by atoms with E-state index in [0.717, 1.165) is 24.3 Å². The van der Waals surface area contributed by atoms with Gasteiger partial charge >= 0.3 is 12.2 Å². The van der Waals surface area contributed by atoms with Crippen LogP contribution in [0.4, 0.5) is 13.2 Å².